The molecule has 5 heteroatoms. The van der Waals surface area contributed by atoms with Crippen molar-refractivity contribution >= 4 is 23.1 Å². The zero-order valence-corrected chi connectivity index (χ0v) is 12.2. The number of aromatic nitrogens is 2. The third-order valence-corrected chi connectivity index (χ3v) is 5.30. The van der Waals surface area contributed by atoms with Crippen LogP contribution in [0.2, 0.25) is 0 Å². The van der Waals surface area contributed by atoms with E-state index in [0.29, 0.717) is 0 Å². The summed E-state index contributed by atoms with van der Waals surface area (Å²) in [4.78, 5) is 0. The third kappa shape index (κ3) is 4.23. The standard InChI is InChI=1S/C12H21N3S2/c1-3-7-13-10-5-4-6-11(8-10)17-12-15-14-9(2)16-12/h10-11,13H,3-8H2,1-2H3. The highest BCUT2D eigenvalue weighted by molar-refractivity contribution is 8.01. The summed E-state index contributed by atoms with van der Waals surface area (Å²) in [6.07, 6.45) is 6.52. The number of rotatable bonds is 5. The van der Waals surface area contributed by atoms with Crippen molar-refractivity contribution in [1.82, 2.24) is 15.5 Å². The highest BCUT2D eigenvalue weighted by atomic mass is 32.2. The largest absolute Gasteiger partial charge is 0.314 e. The molecule has 0 aromatic carbocycles. The maximum absolute atomic E-state index is 4.21. The monoisotopic (exact) mass is 271 g/mol. The topological polar surface area (TPSA) is 37.8 Å². The summed E-state index contributed by atoms with van der Waals surface area (Å²) in [5.41, 5.74) is 0. The van der Waals surface area contributed by atoms with E-state index in [0.717, 1.165) is 27.2 Å². The van der Waals surface area contributed by atoms with Crippen LogP contribution in [0.25, 0.3) is 0 Å². The Balaban J connectivity index is 1.80. The molecule has 0 aliphatic heterocycles. The molecule has 96 valence electrons. The van der Waals surface area contributed by atoms with Gasteiger partial charge in [-0.25, -0.2) is 0 Å². The second-order valence-electron chi connectivity index (χ2n) is 4.64. The first-order chi connectivity index (χ1) is 8.28. The van der Waals surface area contributed by atoms with Gasteiger partial charge in [0.15, 0.2) is 4.34 Å². The lowest BCUT2D eigenvalue weighted by atomic mass is 9.95. The van der Waals surface area contributed by atoms with E-state index in [1.807, 2.05) is 18.7 Å². The first-order valence-corrected chi connectivity index (χ1v) is 8.17. The quantitative estimate of drug-likeness (QED) is 0.892. The van der Waals surface area contributed by atoms with Gasteiger partial charge in [0.05, 0.1) is 0 Å². The first-order valence-electron chi connectivity index (χ1n) is 6.48. The van der Waals surface area contributed by atoms with Gasteiger partial charge in [0.2, 0.25) is 0 Å². The summed E-state index contributed by atoms with van der Waals surface area (Å²) < 4.78 is 1.14. The molecular formula is C12H21N3S2. The Morgan fingerprint density at radius 1 is 1.41 bits per heavy atom. The number of thioether (sulfide) groups is 1. The van der Waals surface area contributed by atoms with E-state index in [-0.39, 0.29) is 0 Å². The molecule has 0 saturated heterocycles. The Bertz CT molecular complexity index is 340. The molecule has 1 aliphatic carbocycles. The minimum Gasteiger partial charge on any atom is -0.314 e. The van der Waals surface area contributed by atoms with Crippen molar-refractivity contribution in [3.8, 4) is 0 Å². The predicted octanol–water partition coefficient (Wildman–Crippen LogP) is 3.25. The molecule has 1 saturated carbocycles. The molecule has 1 aromatic heterocycles. The van der Waals surface area contributed by atoms with Crippen LogP contribution in [0, 0.1) is 6.92 Å². The average molecular weight is 271 g/mol. The summed E-state index contributed by atoms with van der Waals surface area (Å²) in [6.45, 7) is 5.40. The second kappa shape index (κ2) is 6.71. The van der Waals surface area contributed by atoms with E-state index in [1.165, 1.54) is 32.1 Å². The Morgan fingerprint density at radius 3 is 3.00 bits per heavy atom. The van der Waals surface area contributed by atoms with Gasteiger partial charge in [0, 0.05) is 11.3 Å². The summed E-state index contributed by atoms with van der Waals surface area (Å²) in [5, 5.41) is 13.7. The highest BCUT2D eigenvalue weighted by Crippen LogP contribution is 2.34. The predicted molar refractivity (Wildman–Crippen MR) is 74.8 cm³/mol. The van der Waals surface area contributed by atoms with E-state index in [2.05, 4.69) is 22.4 Å². The van der Waals surface area contributed by atoms with E-state index in [9.17, 15) is 0 Å². The van der Waals surface area contributed by atoms with Crippen molar-refractivity contribution in [1.29, 1.82) is 0 Å². The highest BCUT2D eigenvalue weighted by Gasteiger charge is 2.23. The van der Waals surface area contributed by atoms with Crippen molar-refractivity contribution in [3.63, 3.8) is 0 Å². The van der Waals surface area contributed by atoms with Crippen molar-refractivity contribution in [2.24, 2.45) is 0 Å². The van der Waals surface area contributed by atoms with Gasteiger partial charge >= 0.3 is 0 Å². The van der Waals surface area contributed by atoms with Gasteiger partial charge in [-0.1, -0.05) is 36.4 Å². The molecule has 1 fully saturated rings. The molecular weight excluding hydrogens is 250 g/mol. The number of nitrogens with one attached hydrogen (secondary N) is 1. The van der Waals surface area contributed by atoms with Gasteiger partial charge in [0.25, 0.3) is 0 Å². The second-order valence-corrected chi connectivity index (χ2v) is 7.37. The molecule has 2 atom stereocenters. The van der Waals surface area contributed by atoms with Gasteiger partial charge in [-0.05, 0) is 39.2 Å². The van der Waals surface area contributed by atoms with Crippen molar-refractivity contribution in [2.75, 3.05) is 6.54 Å². The molecule has 2 rings (SSSR count). The average Bonchev–Trinajstić information content (AvgIpc) is 2.73. The zero-order valence-electron chi connectivity index (χ0n) is 10.6. The van der Waals surface area contributed by atoms with Crippen molar-refractivity contribution in [2.45, 2.75) is 61.6 Å². The molecule has 1 N–H and O–H groups in total. The minimum atomic E-state index is 0.718. The van der Waals surface area contributed by atoms with E-state index >= 15 is 0 Å². The van der Waals surface area contributed by atoms with Crippen LogP contribution < -0.4 is 5.32 Å². The van der Waals surface area contributed by atoms with Crippen LogP contribution in [0.5, 0.6) is 0 Å². The van der Waals surface area contributed by atoms with Gasteiger partial charge in [-0.15, -0.1) is 10.2 Å². The van der Waals surface area contributed by atoms with Crippen LogP contribution in [0.15, 0.2) is 4.34 Å². The Labute approximate surface area is 112 Å². The molecule has 0 spiro atoms. The van der Waals surface area contributed by atoms with Crippen LogP contribution >= 0.6 is 23.1 Å². The molecule has 1 heterocycles. The lowest BCUT2D eigenvalue weighted by molar-refractivity contribution is 0.381. The smallest absolute Gasteiger partial charge is 0.174 e. The van der Waals surface area contributed by atoms with Crippen LogP contribution in [-0.2, 0) is 0 Å². The lowest BCUT2D eigenvalue weighted by Crippen LogP contribution is -2.35. The van der Waals surface area contributed by atoms with Gasteiger partial charge in [-0.2, -0.15) is 0 Å². The summed E-state index contributed by atoms with van der Waals surface area (Å²) >= 11 is 3.65. The molecule has 1 aliphatic rings. The maximum Gasteiger partial charge on any atom is 0.174 e. The zero-order chi connectivity index (χ0) is 12.1. The normalized spacial score (nSPS) is 25.1. The van der Waals surface area contributed by atoms with Gasteiger partial charge < -0.3 is 5.32 Å². The van der Waals surface area contributed by atoms with Crippen molar-refractivity contribution < 1.29 is 0 Å². The SMILES string of the molecule is CCCNC1CCCC(Sc2nnc(C)s2)C1. The Morgan fingerprint density at radius 2 is 2.29 bits per heavy atom. The Kier molecular flexibility index (Phi) is 5.25. The van der Waals surface area contributed by atoms with Crippen LogP contribution in [0.1, 0.15) is 44.0 Å². The summed E-state index contributed by atoms with van der Waals surface area (Å²) in [5.74, 6) is 0. The third-order valence-electron chi connectivity index (χ3n) is 3.08. The maximum atomic E-state index is 4.21. The van der Waals surface area contributed by atoms with E-state index in [4.69, 9.17) is 0 Å². The molecule has 2 unspecified atom stereocenters. The van der Waals surface area contributed by atoms with Crippen LogP contribution in [0.3, 0.4) is 0 Å². The minimum absolute atomic E-state index is 0.718. The first kappa shape index (κ1) is 13.3. The molecule has 0 radical (unpaired) electrons. The number of nitrogens with zero attached hydrogens (tertiary/aromatic N) is 2. The van der Waals surface area contributed by atoms with Crippen LogP contribution in [0.4, 0.5) is 0 Å². The van der Waals surface area contributed by atoms with E-state index < -0.39 is 0 Å². The fourth-order valence-electron chi connectivity index (χ4n) is 2.25. The van der Waals surface area contributed by atoms with E-state index in [1.54, 1.807) is 11.3 Å². The fraction of sp³-hybridized carbons (Fsp3) is 0.833. The number of hydrogen-bond donors (Lipinski definition) is 1. The number of aryl methyl sites for hydroxylation is 1. The van der Waals surface area contributed by atoms with Crippen molar-refractivity contribution in [3.05, 3.63) is 5.01 Å². The molecule has 0 amide bonds. The Hall–Kier alpha value is -0.130. The summed E-state index contributed by atoms with van der Waals surface area (Å²) in [7, 11) is 0. The fourth-order valence-corrected chi connectivity index (χ4v) is 4.62. The number of hydrogen-bond acceptors (Lipinski definition) is 5. The molecule has 17 heavy (non-hydrogen) atoms. The van der Waals surface area contributed by atoms with Gasteiger partial charge in [0.1, 0.15) is 5.01 Å². The lowest BCUT2D eigenvalue weighted by Gasteiger charge is -2.28. The van der Waals surface area contributed by atoms with Crippen LogP contribution in [-0.4, -0.2) is 28.0 Å². The molecule has 0 bridgehead atoms. The summed E-state index contributed by atoms with van der Waals surface area (Å²) in [6, 6.07) is 0.718. The molecule has 1 aromatic rings. The molecule has 3 nitrogen and oxygen atoms in total. The van der Waals surface area contributed by atoms with Gasteiger partial charge in [-0.3, -0.25) is 0 Å².